The number of allylic oxidation sites excluding steroid dienone is 2. The molecule has 1 aromatic carbocycles. The van der Waals surface area contributed by atoms with Gasteiger partial charge in [-0.15, -0.1) is 0 Å². The summed E-state index contributed by atoms with van der Waals surface area (Å²) >= 11 is 0. The fourth-order valence-corrected chi connectivity index (χ4v) is 1.90. The van der Waals surface area contributed by atoms with Crippen molar-refractivity contribution in [2.75, 3.05) is 0 Å². The predicted molar refractivity (Wildman–Crippen MR) is 57.4 cm³/mol. The Labute approximate surface area is 88.6 Å². The highest BCUT2D eigenvalue weighted by Gasteiger charge is 2.19. The number of rotatable bonds is 2. The summed E-state index contributed by atoms with van der Waals surface area (Å²) in [4.78, 5) is 11.7. The van der Waals surface area contributed by atoms with Gasteiger partial charge in [-0.1, -0.05) is 30.3 Å². The van der Waals surface area contributed by atoms with Crippen LogP contribution in [-0.2, 0) is 0 Å². The van der Waals surface area contributed by atoms with E-state index < -0.39 is 11.6 Å². The Kier molecular flexibility index (Phi) is 2.95. The lowest BCUT2D eigenvalue weighted by molar-refractivity contribution is 0.100. The van der Waals surface area contributed by atoms with Crippen molar-refractivity contribution in [3.63, 3.8) is 0 Å². The first-order chi connectivity index (χ1) is 7.29. The monoisotopic (exact) mass is 204 g/mol. The van der Waals surface area contributed by atoms with Crippen molar-refractivity contribution in [3.8, 4) is 0 Å². The molecule has 0 heterocycles. The van der Waals surface area contributed by atoms with Crippen LogP contribution in [0, 0.1) is 0 Å². The number of hydrogen-bond donors (Lipinski definition) is 0. The van der Waals surface area contributed by atoms with E-state index in [2.05, 4.69) is 0 Å². The van der Waals surface area contributed by atoms with Gasteiger partial charge in [0.1, 0.15) is 0 Å². The zero-order valence-corrected chi connectivity index (χ0v) is 8.50. The van der Waals surface area contributed by atoms with E-state index in [1.165, 1.54) is 0 Å². The molecule has 0 aromatic heterocycles. The largest absolute Gasteiger partial charge is 0.286 e. The molecule has 1 fully saturated rings. The minimum Gasteiger partial charge on any atom is -0.286 e. The number of halogens is 1. The van der Waals surface area contributed by atoms with E-state index in [9.17, 15) is 9.18 Å². The van der Waals surface area contributed by atoms with E-state index in [1.54, 1.807) is 24.3 Å². The average molecular weight is 204 g/mol. The molecule has 1 saturated carbocycles. The van der Waals surface area contributed by atoms with Gasteiger partial charge in [-0.05, 0) is 31.3 Å². The Morgan fingerprint density at radius 1 is 1.07 bits per heavy atom. The van der Waals surface area contributed by atoms with Crippen molar-refractivity contribution in [3.05, 3.63) is 47.3 Å². The molecule has 0 bridgehead atoms. The van der Waals surface area contributed by atoms with Crippen molar-refractivity contribution in [2.24, 2.45) is 0 Å². The highest BCUT2D eigenvalue weighted by molar-refractivity contribution is 6.07. The number of ketones is 1. The summed E-state index contributed by atoms with van der Waals surface area (Å²) in [5, 5.41) is 0. The van der Waals surface area contributed by atoms with Gasteiger partial charge in [-0.25, -0.2) is 4.39 Å². The second kappa shape index (κ2) is 4.39. The lowest BCUT2D eigenvalue weighted by Crippen LogP contribution is -2.01. The van der Waals surface area contributed by atoms with Gasteiger partial charge in [0.2, 0.25) is 5.78 Å². The maximum Gasteiger partial charge on any atom is 0.221 e. The summed E-state index contributed by atoms with van der Waals surface area (Å²) in [5.41, 5.74) is 1.14. The fourth-order valence-electron chi connectivity index (χ4n) is 1.90. The Morgan fingerprint density at radius 3 is 2.27 bits per heavy atom. The fraction of sp³-hybridized carbons (Fsp3) is 0.308. The molecule has 1 aliphatic rings. The molecule has 0 radical (unpaired) electrons. The van der Waals surface area contributed by atoms with Crippen molar-refractivity contribution in [1.82, 2.24) is 0 Å². The SMILES string of the molecule is O=C(C(F)=C1CCCC1)c1ccccc1. The maximum absolute atomic E-state index is 13.7. The summed E-state index contributed by atoms with van der Waals surface area (Å²) in [5.74, 6) is -0.994. The first-order valence-corrected chi connectivity index (χ1v) is 5.26. The molecule has 0 spiro atoms. The minimum absolute atomic E-state index is 0.439. The number of carbonyl (C=O) groups is 1. The first kappa shape index (κ1) is 10.1. The molecule has 0 amide bonds. The van der Waals surface area contributed by atoms with Gasteiger partial charge in [0.15, 0.2) is 5.83 Å². The van der Waals surface area contributed by atoms with E-state index >= 15 is 0 Å². The second-order valence-electron chi connectivity index (χ2n) is 3.82. The summed E-state index contributed by atoms with van der Waals surface area (Å²) in [6.45, 7) is 0. The average Bonchev–Trinajstić information content (AvgIpc) is 2.82. The molecular weight excluding hydrogens is 191 g/mol. The quantitative estimate of drug-likeness (QED) is 0.530. The van der Waals surface area contributed by atoms with E-state index in [-0.39, 0.29) is 0 Å². The molecule has 0 saturated heterocycles. The third kappa shape index (κ3) is 2.14. The molecule has 1 aliphatic carbocycles. The zero-order chi connectivity index (χ0) is 10.7. The number of benzene rings is 1. The van der Waals surface area contributed by atoms with Gasteiger partial charge >= 0.3 is 0 Å². The molecule has 15 heavy (non-hydrogen) atoms. The molecule has 0 aliphatic heterocycles. The smallest absolute Gasteiger partial charge is 0.221 e. The minimum atomic E-state index is -0.529. The maximum atomic E-state index is 13.7. The Bertz CT molecular complexity index is 384. The van der Waals surface area contributed by atoms with Crippen molar-refractivity contribution >= 4 is 5.78 Å². The lowest BCUT2D eigenvalue weighted by Gasteiger charge is -2.01. The number of hydrogen-bond acceptors (Lipinski definition) is 1. The van der Waals surface area contributed by atoms with Gasteiger partial charge in [0, 0.05) is 5.56 Å². The van der Waals surface area contributed by atoms with E-state index in [1.807, 2.05) is 6.07 Å². The Hall–Kier alpha value is -1.44. The highest BCUT2D eigenvalue weighted by Crippen LogP contribution is 2.28. The molecule has 0 unspecified atom stereocenters. The molecule has 0 atom stereocenters. The number of Topliss-reactive ketones (excluding diaryl/α,β-unsaturated/α-hetero) is 1. The van der Waals surface area contributed by atoms with Crippen LogP contribution in [0.4, 0.5) is 4.39 Å². The highest BCUT2D eigenvalue weighted by atomic mass is 19.1. The normalized spacial score (nSPS) is 15.4. The van der Waals surface area contributed by atoms with E-state index in [4.69, 9.17) is 0 Å². The van der Waals surface area contributed by atoms with Crippen LogP contribution >= 0.6 is 0 Å². The van der Waals surface area contributed by atoms with Crippen LogP contribution in [0.2, 0.25) is 0 Å². The van der Waals surface area contributed by atoms with E-state index in [0.29, 0.717) is 11.1 Å². The van der Waals surface area contributed by atoms with Crippen LogP contribution in [-0.4, -0.2) is 5.78 Å². The standard InChI is InChI=1S/C13H13FO/c14-12(10-6-4-5-7-10)13(15)11-8-2-1-3-9-11/h1-3,8-9H,4-7H2. The van der Waals surface area contributed by atoms with Crippen LogP contribution in [0.1, 0.15) is 36.0 Å². The first-order valence-electron chi connectivity index (χ1n) is 5.26. The lowest BCUT2D eigenvalue weighted by atomic mass is 10.1. The second-order valence-corrected chi connectivity index (χ2v) is 3.82. The molecule has 2 rings (SSSR count). The van der Waals surface area contributed by atoms with Gasteiger partial charge in [0.05, 0.1) is 0 Å². The summed E-state index contributed by atoms with van der Waals surface area (Å²) in [6.07, 6.45) is 3.49. The Balaban J connectivity index is 2.25. The van der Waals surface area contributed by atoms with Crippen LogP contribution in [0.15, 0.2) is 41.7 Å². The van der Waals surface area contributed by atoms with Gasteiger partial charge in [-0.3, -0.25) is 4.79 Å². The van der Waals surface area contributed by atoms with Crippen LogP contribution in [0.3, 0.4) is 0 Å². The zero-order valence-electron chi connectivity index (χ0n) is 8.50. The summed E-state index contributed by atoms with van der Waals surface area (Å²) in [7, 11) is 0. The Morgan fingerprint density at radius 2 is 1.67 bits per heavy atom. The van der Waals surface area contributed by atoms with Crippen LogP contribution in [0.25, 0.3) is 0 Å². The molecule has 0 N–H and O–H groups in total. The van der Waals surface area contributed by atoms with Crippen molar-refractivity contribution in [2.45, 2.75) is 25.7 Å². The predicted octanol–water partition coefficient (Wildman–Crippen LogP) is 3.67. The van der Waals surface area contributed by atoms with Crippen LogP contribution < -0.4 is 0 Å². The number of carbonyl (C=O) groups excluding carboxylic acids is 1. The summed E-state index contributed by atoms with van der Waals surface area (Å²) < 4.78 is 13.7. The molecule has 1 nitrogen and oxygen atoms in total. The molecule has 2 heteroatoms. The molecule has 78 valence electrons. The topological polar surface area (TPSA) is 17.1 Å². The van der Waals surface area contributed by atoms with Gasteiger partial charge in [-0.2, -0.15) is 0 Å². The van der Waals surface area contributed by atoms with Gasteiger partial charge in [0.25, 0.3) is 0 Å². The third-order valence-corrected chi connectivity index (χ3v) is 2.75. The van der Waals surface area contributed by atoms with Crippen LogP contribution in [0.5, 0.6) is 0 Å². The van der Waals surface area contributed by atoms with Gasteiger partial charge < -0.3 is 0 Å². The molecular formula is C13H13FO. The third-order valence-electron chi connectivity index (χ3n) is 2.75. The summed E-state index contributed by atoms with van der Waals surface area (Å²) in [6, 6.07) is 8.62. The van der Waals surface area contributed by atoms with E-state index in [0.717, 1.165) is 25.7 Å². The van der Waals surface area contributed by atoms with Crippen molar-refractivity contribution < 1.29 is 9.18 Å². The molecule has 1 aromatic rings. The van der Waals surface area contributed by atoms with Crippen molar-refractivity contribution in [1.29, 1.82) is 0 Å².